The van der Waals surface area contributed by atoms with Crippen molar-refractivity contribution in [1.29, 1.82) is 5.26 Å². The van der Waals surface area contributed by atoms with E-state index in [-0.39, 0.29) is 29.4 Å². The minimum Gasteiger partial charge on any atom is -0.462 e. The van der Waals surface area contributed by atoms with Gasteiger partial charge in [-0.15, -0.1) is 0 Å². The van der Waals surface area contributed by atoms with E-state index in [4.69, 9.17) is 15.2 Å². The van der Waals surface area contributed by atoms with Crippen LogP contribution in [0.25, 0.3) is 0 Å². The third kappa shape index (κ3) is 2.26. The van der Waals surface area contributed by atoms with Gasteiger partial charge in [-0.05, 0) is 19.4 Å². The Bertz CT molecular complexity index is 894. The highest BCUT2D eigenvalue weighted by Gasteiger charge is 2.60. The van der Waals surface area contributed by atoms with E-state index in [2.05, 4.69) is 5.32 Å². The van der Waals surface area contributed by atoms with Crippen LogP contribution in [-0.2, 0) is 24.5 Å². The van der Waals surface area contributed by atoms with Crippen LogP contribution in [0.4, 0.5) is 5.69 Å². The molecule has 0 radical (unpaired) electrons. The number of ether oxygens (including phenoxy) is 2. The molecule has 0 unspecified atom stereocenters. The van der Waals surface area contributed by atoms with Gasteiger partial charge >= 0.3 is 5.97 Å². The summed E-state index contributed by atoms with van der Waals surface area (Å²) < 4.78 is 10.8. The van der Waals surface area contributed by atoms with Gasteiger partial charge in [0.25, 0.3) is 0 Å². The molecule has 1 atom stereocenters. The summed E-state index contributed by atoms with van der Waals surface area (Å²) in [7, 11) is 0. The molecule has 1 aromatic rings. The molecule has 7 heteroatoms. The quantitative estimate of drug-likeness (QED) is 0.802. The zero-order chi connectivity index (χ0) is 18.9. The number of anilines is 1. The van der Waals surface area contributed by atoms with E-state index in [9.17, 15) is 14.9 Å². The van der Waals surface area contributed by atoms with Crippen molar-refractivity contribution in [3.05, 3.63) is 52.6 Å². The van der Waals surface area contributed by atoms with Crippen LogP contribution in [-0.4, -0.2) is 18.5 Å². The zero-order valence-electron chi connectivity index (χ0n) is 14.6. The normalized spacial score (nSPS) is 21.2. The van der Waals surface area contributed by atoms with E-state index in [1.54, 1.807) is 31.2 Å². The second kappa shape index (κ2) is 6.56. The number of hydrogen-bond acceptors (Lipinski definition) is 6. The number of rotatable bonds is 4. The van der Waals surface area contributed by atoms with Crippen LogP contribution in [0.5, 0.6) is 0 Å². The Labute approximate surface area is 151 Å². The van der Waals surface area contributed by atoms with Gasteiger partial charge in [0.05, 0.1) is 6.61 Å². The van der Waals surface area contributed by atoms with Gasteiger partial charge in [0.15, 0.2) is 5.41 Å². The number of fused-ring (bicyclic) bond motifs is 2. The van der Waals surface area contributed by atoms with Gasteiger partial charge < -0.3 is 20.5 Å². The number of nitrogens with one attached hydrogen (secondary N) is 1. The number of allylic oxidation sites excluding steroid dienone is 1. The van der Waals surface area contributed by atoms with Gasteiger partial charge in [-0.1, -0.05) is 25.1 Å². The highest BCUT2D eigenvalue weighted by Crippen LogP contribution is 2.52. The van der Waals surface area contributed by atoms with E-state index in [0.717, 1.165) is 0 Å². The number of hydrogen-bond donors (Lipinski definition) is 2. The fourth-order valence-corrected chi connectivity index (χ4v) is 3.52. The number of benzene rings is 1. The van der Waals surface area contributed by atoms with Crippen LogP contribution < -0.4 is 11.1 Å². The van der Waals surface area contributed by atoms with Crippen molar-refractivity contribution in [3.63, 3.8) is 0 Å². The molecule has 2 aliphatic rings. The number of para-hydroxylation sites is 1. The molecule has 0 fully saturated rings. The lowest BCUT2D eigenvalue weighted by molar-refractivity contribution is -0.140. The van der Waals surface area contributed by atoms with Gasteiger partial charge in [0.1, 0.15) is 23.0 Å². The Hall–Kier alpha value is -3.27. The molecule has 1 spiro atoms. The smallest absolute Gasteiger partial charge is 0.339 e. The molecule has 3 N–H and O–H groups in total. The van der Waals surface area contributed by atoms with Gasteiger partial charge in [0, 0.05) is 17.7 Å². The Balaban J connectivity index is 2.39. The molecule has 0 saturated carbocycles. The predicted octanol–water partition coefficient (Wildman–Crippen LogP) is 2.22. The minimum absolute atomic E-state index is 0.0226. The van der Waals surface area contributed by atoms with E-state index < -0.39 is 17.3 Å². The SMILES string of the molecule is CCCC1=C(C(=O)OCC)[C@]2(C(=O)Nc3ccccc32)C(C#N)=C(N)O1. The van der Waals surface area contributed by atoms with Crippen molar-refractivity contribution in [3.8, 4) is 6.07 Å². The summed E-state index contributed by atoms with van der Waals surface area (Å²) in [6, 6.07) is 8.89. The number of nitrogens with two attached hydrogens (primary N) is 1. The summed E-state index contributed by atoms with van der Waals surface area (Å²) in [5.74, 6) is -1.12. The molecular weight excluding hydrogens is 334 g/mol. The molecule has 26 heavy (non-hydrogen) atoms. The van der Waals surface area contributed by atoms with Gasteiger partial charge in [-0.25, -0.2) is 4.79 Å². The summed E-state index contributed by atoms with van der Waals surface area (Å²) in [6.07, 6.45) is 1.04. The highest BCUT2D eigenvalue weighted by atomic mass is 16.5. The van der Waals surface area contributed by atoms with E-state index >= 15 is 0 Å². The first-order valence-corrected chi connectivity index (χ1v) is 8.42. The topological polar surface area (TPSA) is 114 Å². The third-order valence-corrected chi connectivity index (χ3v) is 4.50. The molecule has 0 bridgehead atoms. The third-order valence-electron chi connectivity index (χ3n) is 4.50. The summed E-state index contributed by atoms with van der Waals surface area (Å²) in [6.45, 7) is 3.71. The monoisotopic (exact) mass is 353 g/mol. The lowest BCUT2D eigenvalue weighted by Crippen LogP contribution is -2.46. The molecule has 7 nitrogen and oxygen atoms in total. The molecular formula is C19H19N3O4. The first-order chi connectivity index (χ1) is 12.5. The summed E-state index contributed by atoms with van der Waals surface area (Å²) in [5.41, 5.74) is 5.26. The van der Waals surface area contributed by atoms with Gasteiger partial charge in [-0.2, -0.15) is 5.26 Å². The molecule has 134 valence electrons. The number of carbonyl (C=O) groups is 2. The maximum Gasteiger partial charge on any atom is 0.339 e. The van der Waals surface area contributed by atoms with Crippen molar-refractivity contribution < 1.29 is 19.1 Å². The van der Waals surface area contributed by atoms with Crippen molar-refractivity contribution in [1.82, 2.24) is 0 Å². The number of esters is 1. The van der Waals surface area contributed by atoms with Crippen LogP contribution in [0.2, 0.25) is 0 Å². The molecule has 2 heterocycles. The summed E-state index contributed by atoms with van der Waals surface area (Å²) in [4.78, 5) is 26.0. The van der Waals surface area contributed by atoms with Crippen LogP contribution in [0.15, 0.2) is 47.1 Å². The summed E-state index contributed by atoms with van der Waals surface area (Å²) >= 11 is 0. The minimum atomic E-state index is -1.66. The average molecular weight is 353 g/mol. The lowest BCUT2D eigenvalue weighted by atomic mass is 9.68. The maximum absolute atomic E-state index is 13.1. The Morgan fingerprint density at radius 2 is 2.12 bits per heavy atom. The van der Waals surface area contributed by atoms with Crippen molar-refractivity contribution in [2.24, 2.45) is 5.73 Å². The first-order valence-electron chi connectivity index (χ1n) is 8.42. The molecule has 0 aromatic heterocycles. The second-order valence-corrected chi connectivity index (χ2v) is 5.97. The fourth-order valence-electron chi connectivity index (χ4n) is 3.52. The molecule has 1 amide bonds. The second-order valence-electron chi connectivity index (χ2n) is 5.97. The standard InChI is InChI=1S/C19H19N3O4/c1-3-7-14-15(17(23)25-4-2)19(12(10-20)16(21)26-14)11-8-5-6-9-13(11)22-18(19)24/h5-6,8-9H,3-4,7,21H2,1-2H3,(H,22,24)/t19-/m1/s1. The zero-order valence-corrected chi connectivity index (χ0v) is 14.6. The van der Waals surface area contributed by atoms with E-state index in [1.165, 1.54) is 0 Å². The first kappa shape index (κ1) is 17.5. The van der Waals surface area contributed by atoms with Crippen LogP contribution in [0, 0.1) is 11.3 Å². The van der Waals surface area contributed by atoms with E-state index in [1.807, 2.05) is 13.0 Å². The molecule has 0 saturated heterocycles. The van der Waals surface area contributed by atoms with Crippen molar-refractivity contribution >= 4 is 17.6 Å². The summed E-state index contributed by atoms with van der Waals surface area (Å²) in [5, 5.41) is 12.5. The molecule has 0 aliphatic carbocycles. The van der Waals surface area contributed by atoms with Crippen LogP contribution >= 0.6 is 0 Å². The lowest BCUT2D eigenvalue weighted by Gasteiger charge is -2.34. The van der Waals surface area contributed by atoms with Gasteiger partial charge in [0.2, 0.25) is 11.8 Å². The number of carbonyl (C=O) groups excluding carboxylic acids is 2. The Morgan fingerprint density at radius 1 is 1.38 bits per heavy atom. The largest absolute Gasteiger partial charge is 0.462 e. The van der Waals surface area contributed by atoms with Crippen LogP contribution in [0.1, 0.15) is 32.3 Å². The maximum atomic E-state index is 13.1. The Morgan fingerprint density at radius 3 is 2.77 bits per heavy atom. The molecule has 1 aromatic carbocycles. The average Bonchev–Trinajstić information content (AvgIpc) is 2.89. The van der Waals surface area contributed by atoms with Crippen molar-refractivity contribution in [2.45, 2.75) is 32.1 Å². The highest BCUT2D eigenvalue weighted by molar-refractivity contribution is 6.17. The Kier molecular flexibility index (Phi) is 4.43. The number of nitriles is 1. The molecule has 3 rings (SSSR count). The van der Waals surface area contributed by atoms with Crippen LogP contribution in [0.3, 0.4) is 0 Å². The molecule has 2 aliphatic heterocycles. The van der Waals surface area contributed by atoms with E-state index in [0.29, 0.717) is 24.1 Å². The van der Waals surface area contributed by atoms with Gasteiger partial charge in [-0.3, -0.25) is 4.79 Å². The number of amides is 1. The predicted molar refractivity (Wildman–Crippen MR) is 93.2 cm³/mol. The number of nitrogens with zero attached hydrogens (tertiary/aromatic N) is 1. The van der Waals surface area contributed by atoms with Crippen molar-refractivity contribution in [2.75, 3.05) is 11.9 Å². The fraction of sp³-hybridized carbons (Fsp3) is 0.316.